The summed E-state index contributed by atoms with van der Waals surface area (Å²) in [5.41, 5.74) is 4.35. The first-order valence-corrected chi connectivity index (χ1v) is 8.51. The highest BCUT2D eigenvalue weighted by Gasteiger charge is 2.11. The molecule has 2 aromatic rings. The fraction of sp³-hybridized carbons (Fsp3) is 0.176. The van der Waals surface area contributed by atoms with Gasteiger partial charge in [0.25, 0.3) is 5.91 Å². The van der Waals surface area contributed by atoms with Gasteiger partial charge >= 0.3 is 0 Å². The number of thiocarbonyl (C=S) groups is 1. The molecule has 0 bridgehead atoms. The SMILES string of the molecule is Cc1ccc(C(=O)NC(=S)Nc2c(C)cc(Br)cc2C)cc1Cl. The number of aryl methyl sites for hydroxylation is 3. The Morgan fingerprint density at radius 1 is 1.09 bits per heavy atom. The topological polar surface area (TPSA) is 41.1 Å². The van der Waals surface area contributed by atoms with E-state index in [1.165, 1.54) is 0 Å². The first-order chi connectivity index (χ1) is 10.8. The summed E-state index contributed by atoms with van der Waals surface area (Å²) in [6.45, 7) is 5.84. The number of carbonyl (C=O) groups is 1. The molecule has 0 unspecified atom stereocenters. The Balaban J connectivity index is 2.10. The normalized spacial score (nSPS) is 10.3. The van der Waals surface area contributed by atoms with Crippen LogP contribution in [0.4, 0.5) is 5.69 Å². The molecule has 2 N–H and O–H groups in total. The highest BCUT2D eigenvalue weighted by atomic mass is 79.9. The second-order valence-electron chi connectivity index (χ2n) is 5.29. The van der Waals surface area contributed by atoms with Crippen molar-refractivity contribution >= 4 is 56.5 Å². The number of halogens is 2. The molecule has 0 heterocycles. The third kappa shape index (κ3) is 4.53. The van der Waals surface area contributed by atoms with Gasteiger partial charge in [-0.25, -0.2) is 0 Å². The Morgan fingerprint density at radius 3 is 2.26 bits per heavy atom. The van der Waals surface area contributed by atoms with Crippen molar-refractivity contribution in [1.82, 2.24) is 5.32 Å². The van der Waals surface area contributed by atoms with Crippen molar-refractivity contribution in [2.45, 2.75) is 20.8 Å². The number of rotatable bonds is 2. The maximum Gasteiger partial charge on any atom is 0.257 e. The molecule has 0 spiro atoms. The van der Waals surface area contributed by atoms with Crippen LogP contribution in [-0.2, 0) is 0 Å². The predicted octanol–water partition coefficient (Wildman–Crippen LogP) is 5.15. The van der Waals surface area contributed by atoms with Crippen molar-refractivity contribution in [3.8, 4) is 0 Å². The fourth-order valence-corrected chi connectivity index (χ4v) is 3.22. The first kappa shape index (κ1) is 17.9. The van der Waals surface area contributed by atoms with Gasteiger partial charge in [0.05, 0.1) is 0 Å². The largest absolute Gasteiger partial charge is 0.332 e. The van der Waals surface area contributed by atoms with Crippen LogP contribution in [0, 0.1) is 20.8 Å². The zero-order valence-corrected chi connectivity index (χ0v) is 16.1. The molecule has 0 aromatic heterocycles. The molecule has 0 fully saturated rings. The van der Waals surface area contributed by atoms with Gasteiger partial charge in [-0.2, -0.15) is 0 Å². The molecule has 2 rings (SSSR count). The molecule has 0 saturated carbocycles. The Bertz CT molecular complexity index is 769. The molecule has 120 valence electrons. The zero-order chi connectivity index (χ0) is 17.1. The van der Waals surface area contributed by atoms with E-state index < -0.39 is 0 Å². The van der Waals surface area contributed by atoms with Crippen LogP contribution in [-0.4, -0.2) is 11.0 Å². The van der Waals surface area contributed by atoms with Gasteiger partial charge in [-0.1, -0.05) is 33.6 Å². The van der Waals surface area contributed by atoms with E-state index in [2.05, 4.69) is 26.6 Å². The molecule has 0 aliphatic heterocycles. The van der Waals surface area contributed by atoms with Gasteiger partial charge in [0.2, 0.25) is 0 Å². The van der Waals surface area contributed by atoms with E-state index >= 15 is 0 Å². The van der Waals surface area contributed by atoms with E-state index in [-0.39, 0.29) is 11.0 Å². The van der Waals surface area contributed by atoms with Crippen molar-refractivity contribution < 1.29 is 4.79 Å². The second kappa shape index (κ2) is 7.43. The molecule has 3 nitrogen and oxygen atoms in total. The molecular weight excluding hydrogens is 396 g/mol. The molecule has 0 radical (unpaired) electrons. The summed E-state index contributed by atoms with van der Waals surface area (Å²) in [5.74, 6) is -0.295. The third-order valence-corrected chi connectivity index (χ3v) is 4.47. The van der Waals surface area contributed by atoms with Gasteiger partial charge in [0, 0.05) is 20.7 Å². The quantitative estimate of drug-likeness (QED) is 0.671. The molecule has 0 aliphatic rings. The Morgan fingerprint density at radius 2 is 1.70 bits per heavy atom. The van der Waals surface area contributed by atoms with Crippen molar-refractivity contribution in [3.63, 3.8) is 0 Å². The number of nitrogens with one attached hydrogen (secondary N) is 2. The highest BCUT2D eigenvalue weighted by Crippen LogP contribution is 2.25. The summed E-state index contributed by atoms with van der Waals surface area (Å²) in [7, 11) is 0. The lowest BCUT2D eigenvalue weighted by molar-refractivity contribution is 0.0977. The number of benzene rings is 2. The van der Waals surface area contributed by atoms with Crippen LogP contribution in [0.15, 0.2) is 34.8 Å². The minimum Gasteiger partial charge on any atom is -0.332 e. The number of hydrogen-bond acceptors (Lipinski definition) is 2. The summed E-state index contributed by atoms with van der Waals surface area (Å²) in [5, 5.41) is 6.55. The van der Waals surface area contributed by atoms with Gasteiger partial charge in [-0.3, -0.25) is 10.1 Å². The van der Waals surface area contributed by atoms with Gasteiger partial charge < -0.3 is 5.32 Å². The maximum absolute atomic E-state index is 12.2. The Hall–Kier alpha value is -1.43. The van der Waals surface area contributed by atoms with E-state index in [1.807, 2.05) is 32.9 Å². The second-order valence-corrected chi connectivity index (χ2v) is 7.02. The molecule has 0 saturated heterocycles. The van der Waals surface area contributed by atoms with E-state index in [1.54, 1.807) is 18.2 Å². The predicted molar refractivity (Wildman–Crippen MR) is 103 cm³/mol. The molecular formula is C17H16BrClN2OS. The zero-order valence-electron chi connectivity index (χ0n) is 13.0. The van der Waals surface area contributed by atoms with Crippen LogP contribution in [0.2, 0.25) is 5.02 Å². The average molecular weight is 412 g/mol. The van der Waals surface area contributed by atoms with Crippen molar-refractivity contribution in [1.29, 1.82) is 0 Å². The van der Waals surface area contributed by atoms with E-state index in [9.17, 15) is 4.79 Å². The summed E-state index contributed by atoms with van der Waals surface area (Å²) in [6.07, 6.45) is 0. The number of amides is 1. The Kier molecular flexibility index (Phi) is 5.79. The van der Waals surface area contributed by atoms with Crippen molar-refractivity contribution in [2.75, 3.05) is 5.32 Å². The number of hydrogen-bond donors (Lipinski definition) is 2. The molecule has 6 heteroatoms. The van der Waals surface area contributed by atoms with E-state index in [4.69, 9.17) is 23.8 Å². The summed E-state index contributed by atoms with van der Waals surface area (Å²) in [4.78, 5) is 12.2. The van der Waals surface area contributed by atoms with Crippen LogP contribution in [0.25, 0.3) is 0 Å². The smallest absolute Gasteiger partial charge is 0.257 e. The van der Waals surface area contributed by atoms with Gasteiger partial charge in [-0.05, 0) is 73.9 Å². The van der Waals surface area contributed by atoms with Crippen LogP contribution in [0.1, 0.15) is 27.0 Å². The van der Waals surface area contributed by atoms with Gasteiger partial charge in [0.15, 0.2) is 5.11 Å². The van der Waals surface area contributed by atoms with Crippen LogP contribution in [0.5, 0.6) is 0 Å². The summed E-state index contributed by atoms with van der Waals surface area (Å²) < 4.78 is 1.00. The summed E-state index contributed by atoms with van der Waals surface area (Å²) >= 11 is 14.7. The minimum atomic E-state index is -0.295. The van der Waals surface area contributed by atoms with Crippen LogP contribution < -0.4 is 10.6 Å². The Labute approximate surface area is 154 Å². The van der Waals surface area contributed by atoms with Gasteiger partial charge in [-0.15, -0.1) is 0 Å². The van der Waals surface area contributed by atoms with Crippen molar-refractivity contribution in [3.05, 3.63) is 62.1 Å². The van der Waals surface area contributed by atoms with Crippen LogP contribution >= 0.6 is 39.7 Å². The van der Waals surface area contributed by atoms with Crippen molar-refractivity contribution in [2.24, 2.45) is 0 Å². The lowest BCUT2D eigenvalue weighted by atomic mass is 10.1. The lowest BCUT2D eigenvalue weighted by Crippen LogP contribution is -2.34. The lowest BCUT2D eigenvalue weighted by Gasteiger charge is -2.15. The highest BCUT2D eigenvalue weighted by molar-refractivity contribution is 9.10. The summed E-state index contributed by atoms with van der Waals surface area (Å²) in [6, 6.07) is 9.12. The maximum atomic E-state index is 12.2. The third-order valence-electron chi connectivity index (χ3n) is 3.40. The number of anilines is 1. The molecule has 23 heavy (non-hydrogen) atoms. The fourth-order valence-electron chi connectivity index (χ4n) is 2.16. The minimum absolute atomic E-state index is 0.250. The number of carbonyl (C=O) groups excluding carboxylic acids is 1. The van der Waals surface area contributed by atoms with Crippen LogP contribution in [0.3, 0.4) is 0 Å². The average Bonchev–Trinajstić information content (AvgIpc) is 2.45. The molecule has 1 amide bonds. The molecule has 0 aliphatic carbocycles. The molecule has 0 atom stereocenters. The van der Waals surface area contributed by atoms with Gasteiger partial charge in [0.1, 0.15) is 0 Å². The van der Waals surface area contributed by atoms with E-state index in [0.29, 0.717) is 10.6 Å². The molecule has 2 aromatic carbocycles. The monoisotopic (exact) mass is 410 g/mol. The standard InChI is InChI=1S/C17H16BrClN2OS/c1-9-4-5-12(8-14(9)19)16(22)21-17(23)20-15-10(2)6-13(18)7-11(15)3/h4-8H,1-3H3,(H2,20,21,22,23). The first-order valence-electron chi connectivity index (χ1n) is 6.93. The van der Waals surface area contributed by atoms with E-state index in [0.717, 1.165) is 26.9 Å².